The van der Waals surface area contributed by atoms with E-state index in [-0.39, 0.29) is 12.3 Å². The molecule has 7 nitrogen and oxygen atoms in total. The minimum absolute atomic E-state index is 0.0526. The van der Waals surface area contributed by atoms with Gasteiger partial charge in [0.05, 0.1) is 12.1 Å². The number of hydrogen-bond acceptors (Lipinski definition) is 4. The number of aliphatic carboxylic acids is 1. The van der Waals surface area contributed by atoms with Crippen LogP contribution in [0.4, 0.5) is 0 Å². The van der Waals surface area contributed by atoms with Gasteiger partial charge in [-0.25, -0.2) is 0 Å². The van der Waals surface area contributed by atoms with Crippen molar-refractivity contribution in [3.05, 3.63) is 12.4 Å². The van der Waals surface area contributed by atoms with Crippen molar-refractivity contribution in [2.45, 2.75) is 25.8 Å². The number of aromatic nitrogens is 3. The Kier molecular flexibility index (Phi) is 3.91. The van der Waals surface area contributed by atoms with E-state index in [0.29, 0.717) is 13.1 Å². The SMILES string of the molecule is O=C(O)C1CC(=O)N(CCCCn2ccnn2)C1. The van der Waals surface area contributed by atoms with Crippen molar-refractivity contribution < 1.29 is 14.7 Å². The van der Waals surface area contributed by atoms with Crippen LogP contribution in [-0.2, 0) is 16.1 Å². The Balaban J connectivity index is 1.68. The van der Waals surface area contributed by atoms with Gasteiger partial charge in [-0.1, -0.05) is 5.21 Å². The zero-order valence-corrected chi connectivity index (χ0v) is 10.0. The molecule has 1 aromatic heterocycles. The van der Waals surface area contributed by atoms with E-state index in [1.54, 1.807) is 22.0 Å². The summed E-state index contributed by atoms with van der Waals surface area (Å²) in [6, 6.07) is 0. The molecule has 1 unspecified atom stereocenters. The van der Waals surface area contributed by atoms with Gasteiger partial charge in [-0.3, -0.25) is 14.3 Å². The van der Waals surface area contributed by atoms with E-state index < -0.39 is 11.9 Å². The van der Waals surface area contributed by atoms with Gasteiger partial charge in [-0.05, 0) is 12.8 Å². The molecular formula is C11H16N4O3. The predicted molar refractivity (Wildman–Crippen MR) is 61.6 cm³/mol. The van der Waals surface area contributed by atoms with Crippen LogP contribution >= 0.6 is 0 Å². The third-order valence-corrected chi connectivity index (χ3v) is 3.10. The Morgan fingerprint density at radius 1 is 1.44 bits per heavy atom. The number of carboxylic acids is 1. The molecule has 1 atom stereocenters. The van der Waals surface area contributed by atoms with E-state index in [9.17, 15) is 9.59 Å². The summed E-state index contributed by atoms with van der Waals surface area (Å²) in [5, 5.41) is 16.4. The van der Waals surface area contributed by atoms with Crippen molar-refractivity contribution in [1.82, 2.24) is 19.9 Å². The number of likely N-dealkylation sites (tertiary alicyclic amines) is 1. The summed E-state index contributed by atoms with van der Waals surface area (Å²) in [5.74, 6) is -1.47. The number of rotatable bonds is 6. The molecule has 1 aliphatic heterocycles. The van der Waals surface area contributed by atoms with Gasteiger partial charge in [0.15, 0.2) is 0 Å². The van der Waals surface area contributed by atoms with Crippen LogP contribution in [0.1, 0.15) is 19.3 Å². The molecule has 1 N–H and O–H groups in total. The van der Waals surface area contributed by atoms with Gasteiger partial charge in [-0.15, -0.1) is 5.10 Å². The third-order valence-electron chi connectivity index (χ3n) is 3.10. The summed E-state index contributed by atoms with van der Waals surface area (Å²) in [6.45, 7) is 1.74. The fraction of sp³-hybridized carbons (Fsp3) is 0.636. The van der Waals surface area contributed by atoms with Crippen LogP contribution in [0, 0.1) is 5.92 Å². The maximum atomic E-state index is 11.5. The highest BCUT2D eigenvalue weighted by Crippen LogP contribution is 2.18. The lowest BCUT2D eigenvalue weighted by Gasteiger charge is -2.15. The second-order valence-corrected chi connectivity index (χ2v) is 4.45. The fourth-order valence-corrected chi connectivity index (χ4v) is 2.08. The normalized spacial score (nSPS) is 19.4. The molecule has 98 valence electrons. The number of carbonyl (C=O) groups excluding carboxylic acids is 1. The summed E-state index contributed by atoms with van der Waals surface area (Å²) in [6.07, 6.45) is 5.30. The van der Waals surface area contributed by atoms with Gasteiger partial charge >= 0.3 is 5.97 Å². The smallest absolute Gasteiger partial charge is 0.308 e. The third kappa shape index (κ3) is 3.06. The van der Waals surface area contributed by atoms with Crippen molar-refractivity contribution in [3.63, 3.8) is 0 Å². The molecule has 0 radical (unpaired) electrons. The summed E-state index contributed by atoms with van der Waals surface area (Å²) in [7, 11) is 0. The topological polar surface area (TPSA) is 88.3 Å². The first-order valence-corrected chi connectivity index (χ1v) is 6.01. The van der Waals surface area contributed by atoms with Crippen molar-refractivity contribution in [3.8, 4) is 0 Å². The lowest BCUT2D eigenvalue weighted by atomic mass is 10.1. The van der Waals surface area contributed by atoms with Crippen LogP contribution in [0.5, 0.6) is 0 Å². The molecule has 2 rings (SSSR count). The van der Waals surface area contributed by atoms with Crippen molar-refractivity contribution in [1.29, 1.82) is 0 Å². The minimum atomic E-state index is -0.881. The number of aryl methyl sites for hydroxylation is 1. The summed E-state index contributed by atoms with van der Waals surface area (Å²) in [4.78, 5) is 24.0. The molecule has 0 bridgehead atoms. The maximum Gasteiger partial charge on any atom is 0.308 e. The van der Waals surface area contributed by atoms with E-state index >= 15 is 0 Å². The van der Waals surface area contributed by atoms with Gasteiger partial charge in [-0.2, -0.15) is 0 Å². The minimum Gasteiger partial charge on any atom is -0.481 e. The van der Waals surface area contributed by atoms with Crippen LogP contribution in [-0.4, -0.2) is 50.0 Å². The van der Waals surface area contributed by atoms with Crippen LogP contribution in [0.3, 0.4) is 0 Å². The van der Waals surface area contributed by atoms with Crippen LogP contribution in [0.25, 0.3) is 0 Å². The van der Waals surface area contributed by atoms with Gasteiger partial charge in [0, 0.05) is 32.3 Å². The standard InChI is InChI=1S/C11H16N4O3/c16-10-7-9(11(17)18)8-14(10)4-1-2-5-15-6-3-12-13-15/h3,6,9H,1-2,4-5,7-8H2,(H,17,18). The van der Waals surface area contributed by atoms with Gasteiger partial charge in [0.25, 0.3) is 0 Å². The Hall–Kier alpha value is -1.92. The Labute approximate surface area is 104 Å². The van der Waals surface area contributed by atoms with Gasteiger partial charge in [0.2, 0.25) is 5.91 Å². The number of nitrogens with zero attached hydrogens (tertiary/aromatic N) is 4. The number of amides is 1. The van der Waals surface area contributed by atoms with E-state index in [1.807, 2.05) is 0 Å². The molecule has 1 fully saturated rings. The van der Waals surface area contributed by atoms with Gasteiger partial charge in [0.1, 0.15) is 0 Å². The average Bonchev–Trinajstić information content (AvgIpc) is 2.94. The molecule has 0 saturated carbocycles. The highest BCUT2D eigenvalue weighted by Gasteiger charge is 2.33. The van der Waals surface area contributed by atoms with Crippen molar-refractivity contribution >= 4 is 11.9 Å². The predicted octanol–water partition coefficient (Wildman–Crippen LogP) is -0.00860. The summed E-state index contributed by atoms with van der Waals surface area (Å²) in [5.41, 5.74) is 0. The average molecular weight is 252 g/mol. The summed E-state index contributed by atoms with van der Waals surface area (Å²) < 4.78 is 1.74. The van der Waals surface area contributed by atoms with E-state index in [2.05, 4.69) is 10.3 Å². The van der Waals surface area contributed by atoms with Crippen LogP contribution < -0.4 is 0 Å². The zero-order chi connectivity index (χ0) is 13.0. The van der Waals surface area contributed by atoms with E-state index in [0.717, 1.165) is 19.4 Å². The Morgan fingerprint density at radius 3 is 2.83 bits per heavy atom. The second-order valence-electron chi connectivity index (χ2n) is 4.45. The first-order valence-electron chi connectivity index (χ1n) is 6.01. The Morgan fingerprint density at radius 2 is 2.22 bits per heavy atom. The zero-order valence-electron chi connectivity index (χ0n) is 10.0. The first-order chi connectivity index (χ1) is 8.66. The second kappa shape index (κ2) is 5.61. The van der Waals surface area contributed by atoms with Gasteiger partial charge < -0.3 is 10.0 Å². The number of unbranched alkanes of at least 4 members (excludes halogenated alkanes) is 1. The molecule has 7 heteroatoms. The molecule has 1 aromatic rings. The molecule has 18 heavy (non-hydrogen) atoms. The molecule has 0 aliphatic carbocycles. The van der Waals surface area contributed by atoms with Crippen LogP contribution in [0.2, 0.25) is 0 Å². The molecule has 1 amide bonds. The largest absolute Gasteiger partial charge is 0.481 e. The number of carbonyl (C=O) groups is 2. The molecule has 2 heterocycles. The highest BCUT2D eigenvalue weighted by molar-refractivity contribution is 5.86. The maximum absolute atomic E-state index is 11.5. The fourth-order valence-electron chi connectivity index (χ4n) is 2.08. The quantitative estimate of drug-likeness (QED) is 0.719. The van der Waals surface area contributed by atoms with Crippen molar-refractivity contribution in [2.24, 2.45) is 5.92 Å². The number of carboxylic acid groups (broad SMARTS) is 1. The Bertz CT molecular complexity index is 418. The molecule has 0 spiro atoms. The van der Waals surface area contributed by atoms with E-state index in [4.69, 9.17) is 5.11 Å². The molecular weight excluding hydrogens is 236 g/mol. The van der Waals surface area contributed by atoms with Crippen molar-refractivity contribution in [2.75, 3.05) is 13.1 Å². The molecule has 1 saturated heterocycles. The first kappa shape index (κ1) is 12.5. The highest BCUT2D eigenvalue weighted by atomic mass is 16.4. The molecule has 1 aliphatic rings. The summed E-state index contributed by atoms with van der Waals surface area (Å²) >= 11 is 0. The monoisotopic (exact) mass is 252 g/mol. The van der Waals surface area contributed by atoms with Crippen LogP contribution in [0.15, 0.2) is 12.4 Å². The van der Waals surface area contributed by atoms with E-state index in [1.165, 1.54) is 0 Å². The number of hydrogen-bond donors (Lipinski definition) is 1. The lowest BCUT2D eigenvalue weighted by molar-refractivity contribution is -0.141. The lowest BCUT2D eigenvalue weighted by Crippen LogP contribution is -2.27. The molecule has 0 aromatic carbocycles.